The molecule has 0 unspecified atom stereocenters. The van der Waals surface area contributed by atoms with Crippen LogP contribution in [0.4, 0.5) is 5.69 Å². The quantitative estimate of drug-likeness (QED) is 0.519. The Morgan fingerprint density at radius 2 is 1.77 bits per heavy atom. The van der Waals surface area contributed by atoms with E-state index in [-0.39, 0.29) is 12.1 Å². The second-order valence-electron chi connectivity index (χ2n) is 5.39. The summed E-state index contributed by atoms with van der Waals surface area (Å²) < 4.78 is 5.14. The van der Waals surface area contributed by atoms with E-state index in [0.717, 1.165) is 5.56 Å². The Balaban J connectivity index is 2.03. The molecular formula is C18H14N2O5S. The van der Waals surface area contributed by atoms with Crippen LogP contribution in [-0.2, 0) is 11.2 Å². The molecule has 26 heavy (non-hydrogen) atoms. The average Bonchev–Trinajstić information content (AvgIpc) is 3.05. The zero-order chi connectivity index (χ0) is 18.7. The summed E-state index contributed by atoms with van der Waals surface area (Å²) in [5.41, 5.74) is 2.07. The first-order valence-corrected chi connectivity index (χ1v) is 8.40. The van der Waals surface area contributed by atoms with Gasteiger partial charge in [-0.15, -0.1) is 11.3 Å². The van der Waals surface area contributed by atoms with Gasteiger partial charge in [0.1, 0.15) is 10.8 Å². The van der Waals surface area contributed by atoms with Gasteiger partial charge in [-0.1, -0.05) is 0 Å². The summed E-state index contributed by atoms with van der Waals surface area (Å²) >= 11 is 1.27. The molecule has 3 rings (SSSR count). The third-order valence-electron chi connectivity index (χ3n) is 3.70. The van der Waals surface area contributed by atoms with Crippen LogP contribution in [0.2, 0.25) is 0 Å². The van der Waals surface area contributed by atoms with Crippen LogP contribution < -0.4 is 4.74 Å². The van der Waals surface area contributed by atoms with E-state index in [0.29, 0.717) is 26.9 Å². The standard InChI is InChI=1S/C18H14N2O5S/c1-25-14-8-4-11(5-9-14)17-15(10-16(21)22)26-18(19-17)12-2-6-13(7-3-12)20(23)24/h2-9H,10H2,1H3,(H,21,22). The second kappa shape index (κ2) is 7.32. The van der Waals surface area contributed by atoms with E-state index in [9.17, 15) is 20.0 Å². The summed E-state index contributed by atoms with van der Waals surface area (Å²) in [7, 11) is 1.57. The highest BCUT2D eigenvalue weighted by Crippen LogP contribution is 2.35. The van der Waals surface area contributed by atoms with Crippen molar-refractivity contribution in [3.8, 4) is 27.6 Å². The van der Waals surface area contributed by atoms with Gasteiger partial charge in [0.15, 0.2) is 0 Å². The number of hydrogen-bond donors (Lipinski definition) is 1. The number of carbonyl (C=O) groups is 1. The summed E-state index contributed by atoms with van der Waals surface area (Å²) in [4.78, 5) is 26.7. The first-order valence-electron chi connectivity index (χ1n) is 7.58. The van der Waals surface area contributed by atoms with E-state index in [2.05, 4.69) is 4.98 Å². The number of aliphatic carboxylic acids is 1. The number of hydrogen-bond acceptors (Lipinski definition) is 6. The molecule has 1 heterocycles. The van der Waals surface area contributed by atoms with Gasteiger partial charge < -0.3 is 9.84 Å². The molecule has 8 heteroatoms. The maximum Gasteiger partial charge on any atom is 0.308 e. The number of benzene rings is 2. The van der Waals surface area contributed by atoms with Crippen LogP contribution in [0.25, 0.3) is 21.8 Å². The molecule has 0 aliphatic carbocycles. The number of aromatic nitrogens is 1. The number of non-ortho nitro benzene ring substituents is 1. The SMILES string of the molecule is COc1ccc(-c2nc(-c3ccc([N+](=O)[O-])cc3)sc2CC(=O)O)cc1. The molecule has 1 N–H and O–H groups in total. The normalized spacial score (nSPS) is 10.5. The lowest BCUT2D eigenvalue weighted by atomic mass is 10.1. The van der Waals surface area contributed by atoms with Crippen molar-refractivity contribution in [2.75, 3.05) is 7.11 Å². The Hall–Kier alpha value is -3.26. The molecule has 0 aliphatic heterocycles. The van der Waals surface area contributed by atoms with Crippen molar-refractivity contribution in [2.45, 2.75) is 6.42 Å². The lowest BCUT2D eigenvalue weighted by Crippen LogP contribution is -1.99. The van der Waals surface area contributed by atoms with Crippen molar-refractivity contribution in [3.63, 3.8) is 0 Å². The van der Waals surface area contributed by atoms with Gasteiger partial charge in [0, 0.05) is 28.1 Å². The van der Waals surface area contributed by atoms with Gasteiger partial charge >= 0.3 is 5.97 Å². The third-order valence-corrected chi connectivity index (χ3v) is 4.80. The number of ether oxygens (including phenoxy) is 1. The van der Waals surface area contributed by atoms with Crippen LogP contribution in [0.1, 0.15) is 4.88 Å². The summed E-state index contributed by atoms with van der Waals surface area (Å²) in [6.07, 6.45) is -0.147. The van der Waals surface area contributed by atoms with Crippen molar-refractivity contribution in [1.29, 1.82) is 0 Å². The lowest BCUT2D eigenvalue weighted by molar-refractivity contribution is -0.384. The van der Waals surface area contributed by atoms with Crippen LogP contribution in [0.3, 0.4) is 0 Å². The maximum absolute atomic E-state index is 11.2. The Labute approximate surface area is 152 Å². The lowest BCUT2D eigenvalue weighted by Gasteiger charge is -2.03. The number of carboxylic acids is 1. The van der Waals surface area contributed by atoms with Gasteiger partial charge in [-0.25, -0.2) is 4.98 Å². The summed E-state index contributed by atoms with van der Waals surface area (Å²) in [5.74, 6) is -0.252. The summed E-state index contributed by atoms with van der Waals surface area (Å²) in [5, 5.41) is 20.6. The van der Waals surface area contributed by atoms with Crippen LogP contribution in [-0.4, -0.2) is 28.1 Å². The van der Waals surface area contributed by atoms with Gasteiger partial charge in [-0.05, 0) is 36.4 Å². The molecule has 0 atom stereocenters. The van der Waals surface area contributed by atoms with E-state index >= 15 is 0 Å². The Morgan fingerprint density at radius 1 is 1.15 bits per heavy atom. The zero-order valence-corrected chi connectivity index (χ0v) is 14.5. The molecule has 0 amide bonds. The molecule has 2 aromatic carbocycles. The molecule has 0 saturated heterocycles. The van der Waals surface area contributed by atoms with Crippen molar-refractivity contribution >= 4 is 23.0 Å². The fourth-order valence-corrected chi connectivity index (χ4v) is 3.51. The van der Waals surface area contributed by atoms with E-state index in [1.165, 1.54) is 23.5 Å². The highest BCUT2D eigenvalue weighted by atomic mass is 32.1. The maximum atomic E-state index is 11.2. The predicted molar refractivity (Wildman–Crippen MR) is 97.5 cm³/mol. The molecule has 7 nitrogen and oxygen atoms in total. The molecule has 132 valence electrons. The monoisotopic (exact) mass is 370 g/mol. The minimum absolute atomic E-state index is 0.00792. The van der Waals surface area contributed by atoms with Gasteiger partial charge in [-0.3, -0.25) is 14.9 Å². The van der Waals surface area contributed by atoms with Crippen molar-refractivity contribution < 1.29 is 19.6 Å². The molecule has 0 bridgehead atoms. The van der Waals surface area contributed by atoms with Gasteiger partial charge in [0.25, 0.3) is 5.69 Å². The van der Waals surface area contributed by atoms with E-state index in [4.69, 9.17) is 4.74 Å². The third kappa shape index (κ3) is 3.70. The number of nitro benzene ring substituents is 1. The molecule has 0 aliphatic rings. The molecule has 3 aromatic rings. The largest absolute Gasteiger partial charge is 0.497 e. The number of nitrogens with zero attached hydrogens (tertiary/aromatic N) is 2. The molecule has 0 fully saturated rings. The highest BCUT2D eigenvalue weighted by Gasteiger charge is 2.17. The van der Waals surface area contributed by atoms with Crippen LogP contribution in [0, 0.1) is 10.1 Å². The van der Waals surface area contributed by atoms with Crippen molar-refractivity contribution in [2.24, 2.45) is 0 Å². The predicted octanol–water partition coefficient (Wildman–Crippen LogP) is 4.02. The number of rotatable bonds is 6. The number of thiazole rings is 1. The fraction of sp³-hybridized carbons (Fsp3) is 0.111. The van der Waals surface area contributed by atoms with E-state index in [1.807, 2.05) is 12.1 Å². The fourth-order valence-electron chi connectivity index (χ4n) is 2.43. The minimum Gasteiger partial charge on any atom is -0.497 e. The van der Waals surface area contributed by atoms with Gasteiger partial charge in [0.05, 0.1) is 24.1 Å². The zero-order valence-electron chi connectivity index (χ0n) is 13.7. The molecule has 0 spiro atoms. The highest BCUT2D eigenvalue weighted by molar-refractivity contribution is 7.15. The molecule has 0 radical (unpaired) electrons. The molecule has 1 aromatic heterocycles. The van der Waals surface area contributed by atoms with Crippen molar-refractivity contribution in [3.05, 3.63) is 63.5 Å². The van der Waals surface area contributed by atoms with Crippen LogP contribution in [0.5, 0.6) is 5.75 Å². The smallest absolute Gasteiger partial charge is 0.308 e. The molecule has 0 saturated carbocycles. The topological polar surface area (TPSA) is 103 Å². The van der Waals surface area contributed by atoms with Crippen LogP contribution >= 0.6 is 11.3 Å². The van der Waals surface area contributed by atoms with Gasteiger partial charge in [-0.2, -0.15) is 0 Å². The van der Waals surface area contributed by atoms with E-state index < -0.39 is 10.9 Å². The number of nitro groups is 1. The Bertz CT molecular complexity index is 949. The number of carboxylic acid groups (broad SMARTS) is 1. The van der Waals surface area contributed by atoms with Crippen molar-refractivity contribution in [1.82, 2.24) is 4.98 Å². The van der Waals surface area contributed by atoms with Crippen LogP contribution in [0.15, 0.2) is 48.5 Å². The first-order chi connectivity index (χ1) is 12.5. The second-order valence-corrected chi connectivity index (χ2v) is 6.48. The first kappa shape index (κ1) is 17.6. The Kier molecular flexibility index (Phi) is 4.94. The summed E-state index contributed by atoms with van der Waals surface area (Å²) in [6, 6.07) is 13.2. The molecular weight excluding hydrogens is 356 g/mol. The summed E-state index contributed by atoms with van der Waals surface area (Å²) in [6.45, 7) is 0. The average molecular weight is 370 g/mol. The minimum atomic E-state index is -0.946. The van der Waals surface area contributed by atoms with E-state index in [1.54, 1.807) is 31.4 Å². The number of methoxy groups -OCH3 is 1. The Morgan fingerprint density at radius 3 is 2.31 bits per heavy atom. The van der Waals surface area contributed by atoms with Gasteiger partial charge in [0.2, 0.25) is 0 Å².